The van der Waals surface area contributed by atoms with Gasteiger partial charge in [-0.1, -0.05) is 17.7 Å². The van der Waals surface area contributed by atoms with Crippen LogP contribution in [0, 0.1) is 25.2 Å². The van der Waals surface area contributed by atoms with Crippen molar-refractivity contribution in [3.63, 3.8) is 0 Å². The van der Waals surface area contributed by atoms with E-state index in [1.165, 1.54) is 6.07 Å². The molecule has 1 fully saturated rings. The summed E-state index contributed by atoms with van der Waals surface area (Å²) in [5, 5.41) is 25.6. The molecule has 0 atom stereocenters. The van der Waals surface area contributed by atoms with Crippen LogP contribution in [0.4, 0.5) is 17.5 Å². The Morgan fingerprint density at radius 3 is 2.54 bits per heavy atom. The third-order valence-electron chi connectivity index (χ3n) is 6.19. The highest BCUT2D eigenvalue weighted by molar-refractivity contribution is 6.31. The first-order valence-corrected chi connectivity index (χ1v) is 11.8. The molecule has 1 aromatic heterocycles. The van der Waals surface area contributed by atoms with Gasteiger partial charge in [0.1, 0.15) is 5.82 Å². The predicted octanol–water partition coefficient (Wildman–Crippen LogP) is 5.14. The van der Waals surface area contributed by atoms with Gasteiger partial charge in [-0.25, -0.2) is 9.78 Å². The molecule has 1 aliphatic rings. The molecule has 35 heavy (non-hydrogen) atoms. The predicted molar refractivity (Wildman–Crippen MR) is 136 cm³/mol. The average molecular weight is 491 g/mol. The number of aromatic carboxylic acids is 1. The lowest BCUT2D eigenvalue weighted by atomic mass is 10.0. The Kier molecular flexibility index (Phi) is 7.49. The van der Waals surface area contributed by atoms with Crippen LogP contribution in [0.1, 0.15) is 45.5 Å². The molecule has 2 heterocycles. The molecule has 0 saturated carbocycles. The van der Waals surface area contributed by atoms with Crippen molar-refractivity contribution < 1.29 is 9.90 Å². The number of aryl methyl sites for hydroxylation is 2. The number of benzene rings is 2. The molecule has 1 aliphatic heterocycles. The second-order valence-electron chi connectivity index (χ2n) is 8.79. The summed E-state index contributed by atoms with van der Waals surface area (Å²) in [5.41, 5.74) is 4.68. The number of carbonyl (C=O) groups is 1. The van der Waals surface area contributed by atoms with Crippen LogP contribution >= 0.6 is 11.6 Å². The zero-order chi connectivity index (χ0) is 24.9. The van der Waals surface area contributed by atoms with Crippen molar-refractivity contribution in [1.29, 1.82) is 5.26 Å². The van der Waals surface area contributed by atoms with Gasteiger partial charge in [0, 0.05) is 42.6 Å². The maximum absolute atomic E-state index is 11.1. The van der Waals surface area contributed by atoms with Crippen molar-refractivity contribution in [2.75, 3.05) is 23.7 Å². The first kappa shape index (κ1) is 24.5. The Morgan fingerprint density at radius 2 is 1.91 bits per heavy atom. The van der Waals surface area contributed by atoms with Crippen molar-refractivity contribution in [1.82, 2.24) is 14.9 Å². The van der Waals surface area contributed by atoms with Gasteiger partial charge in [-0.2, -0.15) is 10.2 Å². The fraction of sp³-hybridized carbons (Fsp3) is 0.308. The Morgan fingerprint density at radius 1 is 1.20 bits per heavy atom. The fourth-order valence-corrected chi connectivity index (χ4v) is 4.56. The average Bonchev–Trinajstić information content (AvgIpc) is 2.84. The number of rotatable bonds is 7. The number of nitrogens with one attached hydrogen (secondary N) is 2. The van der Waals surface area contributed by atoms with Gasteiger partial charge in [0.25, 0.3) is 0 Å². The molecule has 8 nitrogen and oxygen atoms in total. The molecule has 0 unspecified atom stereocenters. The summed E-state index contributed by atoms with van der Waals surface area (Å²) in [6.45, 7) is 6.40. The Bertz CT molecular complexity index is 1260. The molecular formula is C26H27ClN6O2. The summed E-state index contributed by atoms with van der Waals surface area (Å²) in [6.07, 6.45) is 3.59. The smallest absolute Gasteiger partial charge is 0.335 e. The first-order valence-electron chi connectivity index (χ1n) is 11.4. The lowest BCUT2D eigenvalue weighted by Gasteiger charge is -2.32. The van der Waals surface area contributed by atoms with E-state index < -0.39 is 5.97 Å². The van der Waals surface area contributed by atoms with Gasteiger partial charge < -0.3 is 15.7 Å². The number of anilines is 3. The third kappa shape index (κ3) is 6.07. The Balaban J connectivity index is 1.33. The quantitative estimate of drug-likeness (QED) is 0.417. The number of likely N-dealkylation sites (tertiary alicyclic amines) is 1. The highest BCUT2D eigenvalue weighted by atomic mass is 35.5. The number of nitrogens with zero attached hydrogens (tertiary/aromatic N) is 4. The van der Waals surface area contributed by atoms with Crippen molar-refractivity contribution in [2.24, 2.45) is 0 Å². The van der Waals surface area contributed by atoms with Gasteiger partial charge in [-0.3, -0.25) is 4.90 Å². The molecule has 3 N–H and O–H groups in total. The number of aromatic nitrogens is 2. The summed E-state index contributed by atoms with van der Waals surface area (Å²) in [5.74, 6) is 0.286. The van der Waals surface area contributed by atoms with Crippen molar-refractivity contribution in [3.05, 3.63) is 75.4 Å². The number of hydrogen-bond acceptors (Lipinski definition) is 7. The Labute approximate surface area is 209 Å². The molecule has 3 aromatic rings. The van der Waals surface area contributed by atoms with Crippen LogP contribution in [0.15, 0.2) is 42.6 Å². The van der Waals surface area contributed by atoms with Gasteiger partial charge in [-0.15, -0.1) is 0 Å². The maximum Gasteiger partial charge on any atom is 0.335 e. The first-order chi connectivity index (χ1) is 16.8. The number of carboxylic acid groups (broad SMARTS) is 1. The van der Waals surface area contributed by atoms with E-state index in [0.717, 1.165) is 48.3 Å². The van der Waals surface area contributed by atoms with Crippen LogP contribution in [0.5, 0.6) is 0 Å². The van der Waals surface area contributed by atoms with E-state index in [1.807, 2.05) is 32.0 Å². The van der Waals surface area contributed by atoms with Crippen LogP contribution in [0.2, 0.25) is 5.02 Å². The molecule has 2 aromatic carbocycles. The maximum atomic E-state index is 11.1. The van der Waals surface area contributed by atoms with Gasteiger partial charge in [0.05, 0.1) is 17.2 Å². The zero-order valence-electron chi connectivity index (χ0n) is 19.7. The van der Waals surface area contributed by atoms with Gasteiger partial charge in [0.15, 0.2) is 0 Å². The van der Waals surface area contributed by atoms with E-state index in [1.54, 1.807) is 18.3 Å². The number of piperidine rings is 1. The minimum atomic E-state index is -0.978. The Hall–Kier alpha value is -3.67. The van der Waals surface area contributed by atoms with Crippen LogP contribution < -0.4 is 10.6 Å². The van der Waals surface area contributed by atoms with Crippen molar-refractivity contribution in [3.8, 4) is 6.07 Å². The summed E-state index contributed by atoms with van der Waals surface area (Å²) >= 11 is 6.30. The van der Waals surface area contributed by atoms with E-state index >= 15 is 0 Å². The van der Waals surface area contributed by atoms with E-state index in [9.17, 15) is 4.79 Å². The highest BCUT2D eigenvalue weighted by Gasteiger charge is 2.21. The van der Waals surface area contributed by atoms with E-state index in [-0.39, 0.29) is 11.6 Å². The second kappa shape index (κ2) is 10.7. The SMILES string of the molecule is Cc1cc(C#N)cc(C)c1Nc1ccnc(NC2CCN(Cc3ccc(C(=O)O)cc3Cl)CC2)n1. The van der Waals surface area contributed by atoms with E-state index in [4.69, 9.17) is 22.0 Å². The molecule has 0 amide bonds. The third-order valence-corrected chi connectivity index (χ3v) is 6.54. The molecule has 180 valence electrons. The minimum Gasteiger partial charge on any atom is -0.478 e. The zero-order valence-corrected chi connectivity index (χ0v) is 20.4. The molecular weight excluding hydrogens is 464 g/mol. The molecule has 0 radical (unpaired) electrons. The monoisotopic (exact) mass is 490 g/mol. The van der Waals surface area contributed by atoms with Crippen molar-refractivity contribution >= 4 is 35.0 Å². The fourth-order valence-electron chi connectivity index (χ4n) is 4.32. The standard InChI is InChI=1S/C26H27ClN6O2/c1-16-11-18(14-28)12-17(2)24(16)31-23-5-8-29-26(32-23)30-21-6-9-33(10-7-21)15-20-4-3-19(25(34)35)13-22(20)27/h3-5,8,11-13,21H,6-7,9-10,15H2,1-2H3,(H,34,35)(H2,29,30,31,32). The molecule has 9 heteroatoms. The normalized spacial score (nSPS) is 14.3. The number of hydrogen-bond donors (Lipinski definition) is 3. The molecule has 1 saturated heterocycles. The van der Waals surface area contributed by atoms with Gasteiger partial charge in [0.2, 0.25) is 5.95 Å². The summed E-state index contributed by atoms with van der Waals surface area (Å²) < 4.78 is 0. The van der Waals surface area contributed by atoms with Crippen LogP contribution in [-0.4, -0.2) is 45.1 Å². The van der Waals surface area contributed by atoms with Crippen LogP contribution in [-0.2, 0) is 6.54 Å². The topological polar surface area (TPSA) is 114 Å². The molecule has 4 rings (SSSR count). The van der Waals surface area contributed by atoms with Crippen LogP contribution in [0.3, 0.4) is 0 Å². The summed E-state index contributed by atoms with van der Waals surface area (Å²) in [4.78, 5) is 22.4. The largest absolute Gasteiger partial charge is 0.478 e. The van der Waals surface area contributed by atoms with E-state index in [0.29, 0.717) is 28.9 Å². The number of halogens is 1. The lowest BCUT2D eigenvalue weighted by molar-refractivity contribution is 0.0697. The van der Waals surface area contributed by atoms with Crippen molar-refractivity contribution in [2.45, 2.75) is 39.3 Å². The number of nitriles is 1. The van der Waals surface area contributed by atoms with Gasteiger partial charge in [-0.05, 0) is 73.7 Å². The summed E-state index contributed by atoms with van der Waals surface area (Å²) in [6, 6.07) is 12.9. The molecule has 0 spiro atoms. The molecule has 0 bridgehead atoms. The summed E-state index contributed by atoms with van der Waals surface area (Å²) in [7, 11) is 0. The lowest BCUT2D eigenvalue weighted by Crippen LogP contribution is -2.39. The van der Waals surface area contributed by atoms with Crippen LogP contribution in [0.25, 0.3) is 0 Å². The highest BCUT2D eigenvalue weighted by Crippen LogP contribution is 2.26. The number of carboxylic acids is 1. The van der Waals surface area contributed by atoms with Gasteiger partial charge >= 0.3 is 5.97 Å². The molecule has 0 aliphatic carbocycles. The minimum absolute atomic E-state index is 0.197. The second-order valence-corrected chi connectivity index (χ2v) is 9.20. The van der Waals surface area contributed by atoms with E-state index in [2.05, 4.69) is 31.6 Å².